The van der Waals surface area contributed by atoms with Crippen LogP contribution in [0.15, 0.2) is 76.0 Å². The van der Waals surface area contributed by atoms with E-state index in [0.717, 1.165) is 11.1 Å². The van der Waals surface area contributed by atoms with Crippen LogP contribution in [0.4, 0.5) is 19.7 Å². The van der Waals surface area contributed by atoms with E-state index in [9.17, 15) is 14.4 Å². The number of ether oxygens (including phenoxy) is 2. The second-order valence-electron chi connectivity index (χ2n) is 13.7. The van der Waals surface area contributed by atoms with Gasteiger partial charge in [-0.05, 0) is 69.0 Å². The average molecular weight is 738 g/mol. The minimum absolute atomic E-state index is 0.0270. The summed E-state index contributed by atoms with van der Waals surface area (Å²) in [6.45, 7) is 9.72. The fraction of sp³-hybridized carbons (Fsp3) is 0.378. The van der Waals surface area contributed by atoms with Crippen molar-refractivity contribution in [3.63, 3.8) is 0 Å². The van der Waals surface area contributed by atoms with Gasteiger partial charge in [0.25, 0.3) is 11.8 Å². The van der Waals surface area contributed by atoms with Gasteiger partial charge in [-0.2, -0.15) is 0 Å². The van der Waals surface area contributed by atoms with E-state index in [2.05, 4.69) is 20.8 Å². The number of carbonyl (C=O) groups is 3. The summed E-state index contributed by atoms with van der Waals surface area (Å²) in [5, 5.41) is 14.4. The van der Waals surface area contributed by atoms with Crippen molar-refractivity contribution in [1.29, 1.82) is 0 Å². The number of hydrogen-bond donors (Lipinski definition) is 2. The van der Waals surface area contributed by atoms with Crippen LogP contribution in [0.2, 0.25) is 5.02 Å². The average Bonchev–Trinajstić information content (AvgIpc) is 3.54. The number of amides is 3. The van der Waals surface area contributed by atoms with Crippen LogP contribution >= 0.6 is 23.4 Å². The summed E-state index contributed by atoms with van der Waals surface area (Å²) in [7, 11) is 0. The van der Waals surface area contributed by atoms with Crippen molar-refractivity contribution in [2.45, 2.75) is 82.6 Å². The molecule has 0 radical (unpaired) electrons. The number of rotatable bonds is 11. The van der Waals surface area contributed by atoms with Gasteiger partial charge in [-0.3, -0.25) is 4.79 Å². The SMILES string of the molecule is CC(C)(C)OC(=O)N[C@H]1CSc2cc(F)c(-c3nnc(C(C)(C)CCCNC(=O)OCc4ccccc4)o3)cc2N(Cc2ccc(Cl)cc2)C1=O. The van der Waals surface area contributed by atoms with Crippen molar-refractivity contribution in [1.82, 2.24) is 20.8 Å². The maximum Gasteiger partial charge on any atom is 0.408 e. The monoisotopic (exact) mass is 737 g/mol. The molecule has 0 fully saturated rings. The van der Waals surface area contributed by atoms with Gasteiger partial charge in [0.2, 0.25) is 5.89 Å². The topological polar surface area (TPSA) is 136 Å². The molecule has 2 N–H and O–H groups in total. The fourth-order valence-electron chi connectivity index (χ4n) is 5.28. The number of halogens is 2. The van der Waals surface area contributed by atoms with E-state index in [0.29, 0.717) is 40.9 Å². The van der Waals surface area contributed by atoms with Gasteiger partial charge in [0, 0.05) is 27.6 Å². The summed E-state index contributed by atoms with van der Waals surface area (Å²) in [6.07, 6.45) is -0.0723. The van der Waals surface area contributed by atoms with Crippen LogP contribution in [-0.2, 0) is 32.8 Å². The second-order valence-corrected chi connectivity index (χ2v) is 15.2. The number of aromatic nitrogens is 2. The zero-order chi connectivity index (χ0) is 36.8. The van der Waals surface area contributed by atoms with Crippen LogP contribution in [0.5, 0.6) is 0 Å². The molecule has 1 atom stereocenters. The van der Waals surface area contributed by atoms with Gasteiger partial charge in [-0.15, -0.1) is 22.0 Å². The summed E-state index contributed by atoms with van der Waals surface area (Å²) in [6, 6.07) is 18.3. The Morgan fingerprint density at radius 2 is 1.75 bits per heavy atom. The fourth-order valence-corrected chi connectivity index (χ4v) is 6.48. The van der Waals surface area contributed by atoms with E-state index >= 15 is 4.39 Å². The maximum absolute atomic E-state index is 15.8. The summed E-state index contributed by atoms with van der Waals surface area (Å²) in [5.74, 6) is -0.602. The van der Waals surface area contributed by atoms with E-state index < -0.39 is 41.0 Å². The van der Waals surface area contributed by atoms with Gasteiger partial charge in [0.05, 0.1) is 17.8 Å². The molecule has 1 aromatic heterocycles. The third-order valence-electron chi connectivity index (χ3n) is 7.95. The molecule has 0 unspecified atom stereocenters. The largest absolute Gasteiger partial charge is 0.445 e. The molecule has 270 valence electrons. The number of hydrogen-bond acceptors (Lipinski definition) is 9. The van der Waals surface area contributed by atoms with Gasteiger partial charge in [-0.25, -0.2) is 14.0 Å². The Morgan fingerprint density at radius 1 is 1.02 bits per heavy atom. The first-order chi connectivity index (χ1) is 24.2. The normalized spacial score (nSPS) is 14.8. The molecule has 5 rings (SSSR count). The number of nitrogens with zero attached hydrogens (tertiary/aromatic N) is 3. The van der Waals surface area contributed by atoms with Gasteiger partial charge in [-0.1, -0.05) is 67.9 Å². The first-order valence-corrected chi connectivity index (χ1v) is 17.9. The highest BCUT2D eigenvalue weighted by atomic mass is 35.5. The third kappa shape index (κ3) is 10.2. The number of fused-ring (bicyclic) bond motifs is 1. The Morgan fingerprint density at radius 3 is 2.45 bits per heavy atom. The number of alkyl carbamates (subject to hydrolysis) is 2. The van der Waals surface area contributed by atoms with Crippen molar-refractivity contribution < 1.29 is 32.7 Å². The molecule has 0 saturated heterocycles. The van der Waals surface area contributed by atoms with Crippen molar-refractivity contribution in [3.05, 3.63) is 94.6 Å². The summed E-state index contributed by atoms with van der Waals surface area (Å²) in [5.41, 5.74) is 0.753. The first kappa shape index (κ1) is 37.6. The molecule has 11 nitrogen and oxygen atoms in total. The molecule has 1 aliphatic heterocycles. The lowest BCUT2D eigenvalue weighted by Crippen LogP contribution is -2.50. The molecule has 3 amide bonds. The van der Waals surface area contributed by atoms with E-state index in [4.69, 9.17) is 25.5 Å². The Labute approximate surface area is 305 Å². The molecule has 0 bridgehead atoms. The van der Waals surface area contributed by atoms with Crippen molar-refractivity contribution >= 4 is 47.1 Å². The lowest BCUT2D eigenvalue weighted by atomic mass is 9.88. The predicted octanol–water partition coefficient (Wildman–Crippen LogP) is 8.05. The number of thioether (sulfide) groups is 1. The number of nitrogens with one attached hydrogen (secondary N) is 2. The van der Waals surface area contributed by atoms with Crippen LogP contribution in [0.1, 0.15) is 64.5 Å². The summed E-state index contributed by atoms with van der Waals surface area (Å²) >= 11 is 7.35. The van der Waals surface area contributed by atoms with Crippen LogP contribution < -0.4 is 15.5 Å². The van der Waals surface area contributed by atoms with E-state index in [1.807, 2.05) is 44.2 Å². The zero-order valence-corrected chi connectivity index (χ0v) is 30.7. The number of carbonyl (C=O) groups excluding carboxylic acids is 3. The molecular weight excluding hydrogens is 697 g/mol. The molecule has 51 heavy (non-hydrogen) atoms. The highest BCUT2D eigenvalue weighted by Gasteiger charge is 2.35. The van der Waals surface area contributed by atoms with Crippen molar-refractivity contribution in [3.8, 4) is 11.5 Å². The Hall–Kier alpha value is -4.62. The summed E-state index contributed by atoms with van der Waals surface area (Å²) < 4.78 is 32.5. The van der Waals surface area contributed by atoms with E-state index in [-0.39, 0.29) is 30.4 Å². The molecule has 2 heterocycles. The van der Waals surface area contributed by atoms with Crippen molar-refractivity contribution in [2.75, 3.05) is 17.2 Å². The number of benzene rings is 3. The Balaban J connectivity index is 1.31. The lowest BCUT2D eigenvalue weighted by molar-refractivity contribution is -0.120. The van der Waals surface area contributed by atoms with E-state index in [1.54, 1.807) is 45.0 Å². The molecular formula is C37H41ClFN5O6S. The van der Waals surface area contributed by atoms with Gasteiger partial charge in [0.15, 0.2) is 0 Å². The lowest BCUT2D eigenvalue weighted by Gasteiger charge is -2.27. The van der Waals surface area contributed by atoms with Crippen molar-refractivity contribution in [2.24, 2.45) is 0 Å². The molecule has 1 aliphatic rings. The molecule has 0 spiro atoms. The van der Waals surface area contributed by atoms with Gasteiger partial charge < -0.3 is 29.4 Å². The minimum atomic E-state index is -0.952. The molecule has 4 aromatic rings. The zero-order valence-electron chi connectivity index (χ0n) is 29.1. The van der Waals surface area contributed by atoms with Gasteiger partial charge in [0.1, 0.15) is 24.1 Å². The smallest absolute Gasteiger partial charge is 0.408 e. The maximum atomic E-state index is 15.8. The Kier molecular flexibility index (Phi) is 11.9. The second kappa shape index (κ2) is 16.2. The van der Waals surface area contributed by atoms with Crippen LogP contribution in [0, 0.1) is 5.82 Å². The van der Waals surface area contributed by atoms with E-state index in [1.165, 1.54) is 28.8 Å². The third-order valence-corrected chi connectivity index (χ3v) is 9.34. The predicted molar refractivity (Wildman–Crippen MR) is 193 cm³/mol. The highest BCUT2D eigenvalue weighted by Crippen LogP contribution is 2.40. The molecule has 14 heteroatoms. The summed E-state index contributed by atoms with van der Waals surface area (Å²) in [4.78, 5) is 40.9. The van der Waals surface area contributed by atoms with Crippen LogP contribution in [0.25, 0.3) is 11.5 Å². The standard InChI is InChI=1S/C37H41ClFN5O6S/c1-36(2,3)50-35(47)41-28-22-51-30-19-27(39)26(18-29(30)44(32(28)45)20-23-12-14-25(38)15-13-23)31-42-43-33(49-31)37(4,5)16-9-17-40-34(46)48-21-24-10-7-6-8-11-24/h6-8,10-15,18-19,28H,9,16-17,20-22H2,1-5H3,(H,40,46)(H,41,47)/t28-/m0/s1. The molecule has 0 aliphatic carbocycles. The molecule has 3 aromatic carbocycles. The minimum Gasteiger partial charge on any atom is -0.445 e. The molecule has 0 saturated carbocycles. The number of anilines is 1. The highest BCUT2D eigenvalue weighted by molar-refractivity contribution is 7.99. The van der Waals surface area contributed by atoms with Crippen LogP contribution in [0.3, 0.4) is 0 Å². The van der Waals surface area contributed by atoms with Gasteiger partial charge >= 0.3 is 12.2 Å². The Bertz CT molecular complexity index is 1850. The first-order valence-electron chi connectivity index (χ1n) is 16.5. The quantitative estimate of drug-likeness (QED) is 0.147. The van der Waals surface area contributed by atoms with Crippen LogP contribution in [-0.4, -0.2) is 52.2 Å².